The van der Waals surface area contributed by atoms with Crippen LogP contribution < -0.4 is 13.2 Å². The standard InChI is InChI=1S/C15H17NO6S2/c1-21-13-9-10-15(22-12-7-5-4-6-8-12)14(11-13)16(23(2,17)18)24(3,19)20/h4-11H,1-3H3. The molecule has 0 unspecified atom stereocenters. The van der Waals surface area contributed by atoms with Crippen LogP contribution in [0.25, 0.3) is 0 Å². The lowest BCUT2D eigenvalue weighted by atomic mass is 10.2. The van der Waals surface area contributed by atoms with Crippen molar-refractivity contribution in [3.05, 3.63) is 48.5 Å². The van der Waals surface area contributed by atoms with Gasteiger partial charge in [0.1, 0.15) is 17.2 Å². The zero-order chi connectivity index (χ0) is 18.0. The lowest BCUT2D eigenvalue weighted by molar-refractivity contribution is 0.413. The number of anilines is 1. The van der Waals surface area contributed by atoms with Gasteiger partial charge in [0.15, 0.2) is 5.75 Å². The first-order valence-corrected chi connectivity index (χ1v) is 10.4. The minimum atomic E-state index is -4.11. The van der Waals surface area contributed by atoms with Gasteiger partial charge >= 0.3 is 0 Å². The third kappa shape index (κ3) is 4.18. The highest BCUT2D eigenvalue weighted by Crippen LogP contribution is 2.37. The molecule has 0 atom stereocenters. The van der Waals surface area contributed by atoms with Crippen molar-refractivity contribution in [3.8, 4) is 17.2 Å². The highest BCUT2D eigenvalue weighted by atomic mass is 32.3. The third-order valence-electron chi connectivity index (χ3n) is 2.94. The summed E-state index contributed by atoms with van der Waals surface area (Å²) in [5.74, 6) is 0.798. The van der Waals surface area contributed by atoms with E-state index in [0.29, 0.717) is 15.2 Å². The third-order valence-corrected chi connectivity index (χ3v) is 6.16. The second-order valence-corrected chi connectivity index (χ2v) is 8.87. The average Bonchev–Trinajstić information content (AvgIpc) is 2.47. The summed E-state index contributed by atoms with van der Waals surface area (Å²) < 4.78 is 59.2. The number of hydrogen-bond donors (Lipinski definition) is 0. The minimum absolute atomic E-state index is 0.0675. The van der Waals surface area contributed by atoms with E-state index in [-0.39, 0.29) is 11.4 Å². The first-order chi connectivity index (χ1) is 11.1. The van der Waals surface area contributed by atoms with E-state index in [4.69, 9.17) is 9.47 Å². The number of hydrogen-bond acceptors (Lipinski definition) is 6. The molecule has 0 aliphatic heterocycles. The monoisotopic (exact) mass is 371 g/mol. The van der Waals surface area contributed by atoms with Crippen LogP contribution in [0.15, 0.2) is 48.5 Å². The summed E-state index contributed by atoms with van der Waals surface area (Å²) >= 11 is 0. The maximum Gasteiger partial charge on any atom is 0.245 e. The van der Waals surface area contributed by atoms with Crippen molar-refractivity contribution in [1.29, 1.82) is 0 Å². The second-order valence-electron chi connectivity index (χ2n) is 4.97. The van der Waals surface area contributed by atoms with Crippen molar-refractivity contribution in [2.24, 2.45) is 0 Å². The summed E-state index contributed by atoms with van der Waals surface area (Å²) in [6.45, 7) is 0. The maximum absolute atomic E-state index is 12.0. The molecule has 0 spiro atoms. The molecule has 7 nitrogen and oxygen atoms in total. The number of nitrogens with zero attached hydrogens (tertiary/aromatic N) is 1. The van der Waals surface area contributed by atoms with Crippen molar-refractivity contribution in [1.82, 2.24) is 0 Å². The van der Waals surface area contributed by atoms with Crippen LogP contribution in [-0.2, 0) is 20.0 Å². The molecule has 0 saturated carbocycles. The van der Waals surface area contributed by atoms with Gasteiger partial charge in [-0.1, -0.05) is 18.2 Å². The summed E-state index contributed by atoms with van der Waals surface area (Å²) in [5, 5.41) is 0. The Morgan fingerprint density at radius 1 is 0.833 bits per heavy atom. The molecule has 0 amide bonds. The molecule has 2 aromatic carbocycles. The average molecular weight is 371 g/mol. The summed E-state index contributed by atoms with van der Waals surface area (Å²) in [6.07, 6.45) is 1.61. The normalized spacial score (nSPS) is 11.8. The van der Waals surface area contributed by atoms with Crippen LogP contribution in [0.5, 0.6) is 17.2 Å². The van der Waals surface area contributed by atoms with Crippen molar-refractivity contribution in [2.75, 3.05) is 23.3 Å². The molecular weight excluding hydrogens is 354 g/mol. The van der Waals surface area contributed by atoms with Gasteiger partial charge in [0, 0.05) is 6.07 Å². The molecule has 2 aromatic rings. The molecule has 0 aliphatic rings. The molecule has 9 heteroatoms. The van der Waals surface area contributed by atoms with E-state index < -0.39 is 20.0 Å². The Morgan fingerprint density at radius 2 is 1.42 bits per heavy atom. The van der Waals surface area contributed by atoms with Crippen LogP contribution in [0.4, 0.5) is 5.69 Å². The van der Waals surface area contributed by atoms with Gasteiger partial charge in [-0.3, -0.25) is 0 Å². The van der Waals surface area contributed by atoms with E-state index in [1.807, 2.05) is 0 Å². The van der Waals surface area contributed by atoms with E-state index in [9.17, 15) is 16.8 Å². The van der Waals surface area contributed by atoms with Crippen molar-refractivity contribution < 1.29 is 26.3 Å². The fraction of sp³-hybridized carbons (Fsp3) is 0.200. The summed E-state index contributed by atoms with van der Waals surface area (Å²) in [7, 11) is -6.82. The highest BCUT2D eigenvalue weighted by molar-refractivity contribution is 8.09. The van der Waals surface area contributed by atoms with Crippen molar-refractivity contribution in [2.45, 2.75) is 0 Å². The minimum Gasteiger partial charge on any atom is -0.497 e. The van der Waals surface area contributed by atoms with Gasteiger partial charge in [0.25, 0.3) is 0 Å². The van der Waals surface area contributed by atoms with Gasteiger partial charge in [-0.15, -0.1) is 0 Å². The number of methoxy groups -OCH3 is 1. The van der Waals surface area contributed by atoms with Crippen LogP contribution in [0.2, 0.25) is 0 Å². The SMILES string of the molecule is COc1ccc(Oc2ccccc2)c(N(S(C)(=O)=O)S(C)(=O)=O)c1. The Labute approximate surface area is 141 Å². The second kappa shape index (κ2) is 6.70. The number of rotatable bonds is 6. The van der Waals surface area contributed by atoms with Crippen molar-refractivity contribution >= 4 is 25.7 Å². The number of ether oxygens (including phenoxy) is 2. The molecular formula is C15H17NO6S2. The van der Waals surface area contributed by atoms with Crippen LogP contribution >= 0.6 is 0 Å². The van der Waals surface area contributed by atoms with Crippen molar-refractivity contribution in [3.63, 3.8) is 0 Å². The molecule has 2 rings (SSSR count). The smallest absolute Gasteiger partial charge is 0.245 e. The number of benzene rings is 2. The van der Waals surface area contributed by atoms with E-state index in [2.05, 4.69) is 0 Å². The fourth-order valence-electron chi connectivity index (χ4n) is 2.07. The molecule has 0 radical (unpaired) electrons. The quantitative estimate of drug-likeness (QED) is 0.773. The predicted octanol–water partition coefficient (Wildman–Crippen LogP) is 2.21. The first kappa shape index (κ1) is 18.1. The Hall–Kier alpha value is -2.26. The predicted molar refractivity (Wildman–Crippen MR) is 91.7 cm³/mol. The topological polar surface area (TPSA) is 90.0 Å². The van der Waals surface area contributed by atoms with Gasteiger partial charge in [-0.2, -0.15) is 3.71 Å². The molecule has 0 N–H and O–H groups in total. The highest BCUT2D eigenvalue weighted by Gasteiger charge is 2.30. The molecule has 0 saturated heterocycles. The fourth-order valence-corrected chi connectivity index (χ4v) is 5.04. The number of sulfonamides is 2. The largest absolute Gasteiger partial charge is 0.497 e. The van der Waals surface area contributed by atoms with Crippen LogP contribution in [0.1, 0.15) is 0 Å². The molecule has 130 valence electrons. The molecule has 0 fully saturated rings. The van der Waals surface area contributed by atoms with E-state index in [1.165, 1.54) is 19.2 Å². The first-order valence-electron chi connectivity index (χ1n) is 6.74. The summed E-state index contributed by atoms with van der Waals surface area (Å²) in [4.78, 5) is 0. The maximum atomic E-state index is 12.0. The zero-order valence-electron chi connectivity index (χ0n) is 13.3. The lowest BCUT2D eigenvalue weighted by Crippen LogP contribution is -2.35. The molecule has 0 aromatic heterocycles. The van der Waals surface area contributed by atoms with Gasteiger partial charge in [0.2, 0.25) is 20.0 Å². The van der Waals surface area contributed by atoms with Gasteiger partial charge in [-0.05, 0) is 24.3 Å². The van der Waals surface area contributed by atoms with Gasteiger partial charge in [-0.25, -0.2) is 16.8 Å². The molecule has 24 heavy (non-hydrogen) atoms. The molecule has 0 bridgehead atoms. The summed E-state index contributed by atoms with van der Waals surface area (Å²) in [5.41, 5.74) is -0.150. The van der Waals surface area contributed by atoms with Gasteiger partial charge < -0.3 is 9.47 Å². The lowest BCUT2D eigenvalue weighted by Gasteiger charge is -2.23. The molecule has 0 heterocycles. The Morgan fingerprint density at radius 3 is 1.92 bits per heavy atom. The van der Waals surface area contributed by atoms with Crippen LogP contribution in [0, 0.1) is 0 Å². The Bertz CT molecular complexity index is 892. The zero-order valence-corrected chi connectivity index (χ0v) is 15.0. The van der Waals surface area contributed by atoms with Crippen LogP contribution in [-0.4, -0.2) is 36.5 Å². The van der Waals surface area contributed by atoms with E-state index in [0.717, 1.165) is 12.5 Å². The molecule has 0 aliphatic carbocycles. The van der Waals surface area contributed by atoms with Crippen LogP contribution in [0.3, 0.4) is 0 Å². The Balaban J connectivity index is 2.65. The van der Waals surface area contributed by atoms with E-state index in [1.54, 1.807) is 36.4 Å². The summed E-state index contributed by atoms with van der Waals surface area (Å²) in [6, 6.07) is 12.9. The van der Waals surface area contributed by atoms with E-state index >= 15 is 0 Å². The number of para-hydroxylation sites is 1. The Kier molecular flexibility index (Phi) is 5.05. The van der Waals surface area contributed by atoms with Gasteiger partial charge in [0.05, 0.1) is 19.6 Å².